The van der Waals surface area contributed by atoms with Crippen LogP contribution in [0.1, 0.15) is 15.9 Å². The third-order valence-corrected chi connectivity index (χ3v) is 3.04. The fourth-order valence-corrected chi connectivity index (χ4v) is 2.06. The van der Waals surface area contributed by atoms with E-state index in [1.807, 2.05) is 36.2 Å². The lowest BCUT2D eigenvalue weighted by atomic mass is 10.1. The summed E-state index contributed by atoms with van der Waals surface area (Å²) >= 11 is 0. The standard InChI is InChI=1S/C15H16N2O3/c1-17(10-11-5-3-4-6-14(11)20-2)13-7-8-16-9-12(13)15(18)19/h3-9H,10H2,1-2H3,(H,18,19). The van der Waals surface area contributed by atoms with Crippen molar-refractivity contribution in [1.82, 2.24) is 4.98 Å². The van der Waals surface area contributed by atoms with Gasteiger partial charge < -0.3 is 14.7 Å². The van der Waals surface area contributed by atoms with Gasteiger partial charge in [-0.15, -0.1) is 0 Å². The van der Waals surface area contributed by atoms with Crippen LogP contribution in [0.25, 0.3) is 0 Å². The summed E-state index contributed by atoms with van der Waals surface area (Å²) in [5, 5.41) is 9.19. The largest absolute Gasteiger partial charge is 0.496 e. The van der Waals surface area contributed by atoms with Crippen molar-refractivity contribution >= 4 is 11.7 Å². The number of aromatic nitrogens is 1. The second kappa shape index (κ2) is 6.06. The van der Waals surface area contributed by atoms with Gasteiger partial charge in [0, 0.05) is 31.5 Å². The van der Waals surface area contributed by atoms with E-state index >= 15 is 0 Å². The number of aromatic carboxylic acids is 1. The maximum atomic E-state index is 11.2. The van der Waals surface area contributed by atoms with Gasteiger partial charge in [0.05, 0.1) is 12.8 Å². The molecule has 0 saturated heterocycles. The van der Waals surface area contributed by atoms with Crippen molar-refractivity contribution in [3.63, 3.8) is 0 Å². The summed E-state index contributed by atoms with van der Waals surface area (Å²) in [6.45, 7) is 0.550. The van der Waals surface area contributed by atoms with Crippen molar-refractivity contribution in [1.29, 1.82) is 0 Å². The molecule has 0 unspecified atom stereocenters. The number of para-hydroxylation sites is 1. The van der Waals surface area contributed by atoms with Crippen LogP contribution >= 0.6 is 0 Å². The summed E-state index contributed by atoms with van der Waals surface area (Å²) in [4.78, 5) is 16.9. The van der Waals surface area contributed by atoms with Crippen LogP contribution in [-0.4, -0.2) is 30.2 Å². The molecule has 1 aromatic carbocycles. The van der Waals surface area contributed by atoms with E-state index < -0.39 is 5.97 Å². The number of methoxy groups -OCH3 is 1. The number of carbonyl (C=O) groups is 1. The molecule has 0 aliphatic heterocycles. The third-order valence-electron chi connectivity index (χ3n) is 3.04. The Morgan fingerprint density at radius 1 is 1.35 bits per heavy atom. The predicted octanol–water partition coefficient (Wildman–Crippen LogP) is 2.42. The van der Waals surface area contributed by atoms with E-state index in [1.54, 1.807) is 19.4 Å². The molecule has 2 aromatic rings. The minimum atomic E-state index is -0.986. The summed E-state index contributed by atoms with van der Waals surface area (Å²) in [6, 6.07) is 9.36. The van der Waals surface area contributed by atoms with Crippen molar-refractivity contribution in [2.24, 2.45) is 0 Å². The molecular formula is C15H16N2O3. The van der Waals surface area contributed by atoms with Crippen molar-refractivity contribution < 1.29 is 14.6 Å². The summed E-state index contributed by atoms with van der Waals surface area (Å²) < 4.78 is 5.30. The van der Waals surface area contributed by atoms with Crippen LogP contribution in [0.3, 0.4) is 0 Å². The molecule has 1 heterocycles. The van der Waals surface area contributed by atoms with Gasteiger partial charge in [-0.25, -0.2) is 4.79 Å². The maximum Gasteiger partial charge on any atom is 0.339 e. The summed E-state index contributed by atoms with van der Waals surface area (Å²) in [5.74, 6) is -0.203. The first-order chi connectivity index (χ1) is 9.63. The molecule has 0 bridgehead atoms. The lowest BCUT2D eigenvalue weighted by molar-refractivity contribution is 0.0697. The van der Waals surface area contributed by atoms with Crippen LogP contribution in [0.5, 0.6) is 5.75 Å². The average molecular weight is 272 g/mol. The molecule has 20 heavy (non-hydrogen) atoms. The molecule has 0 atom stereocenters. The highest BCUT2D eigenvalue weighted by Crippen LogP contribution is 2.24. The number of hydrogen-bond donors (Lipinski definition) is 1. The normalized spacial score (nSPS) is 10.1. The lowest BCUT2D eigenvalue weighted by Gasteiger charge is -2.22. The van der Waals surface area contributed by atoms with Crippen LogP contribution < -0.4 is 9.64 Å². The Balaban J connectivity index is 2.29. The molecule has 5 nitrogen and oxygen atoms in total. The quantitative estimate of drug-likeness (QED) is 0.905. The van der Waals surface area contributed by atoms with E-state index in [9.17, 15) is 9.90 Å². The predicted molar refractivity (Wildman–Crippen MR) is 76.3 cm³/mol. The smallest absolute Gasteiger partial charge is 0.339 e. The number of carboxylic acid groups (broad SMARTS) is 1. The van der Waals surface area contributed by atoms with Gasteiger partial charge >= 0.3 is 5.97 Å². The zero-order valence-electron chi connectivity index (χ0n) is 11.4. The molecular weight excluding hydrogens is 256 g/mol. The third kappa shape index (κ3) is 2.88. The fourth-order valence-electron chi connectivity index (χ4n) is 2.06. The number of benzene rings is 1. The highest BCUT2D eigenvalue weighted by atomic mass is 16.5. The fraction of sp³-hybridized carbons (Fsp3) is 0.200. The van der Waals surface area contributed by atoms with Crippen LogP contribution in [0.15, 0.2) is 42.7 Å². The number of rotatable bonds is 5. The van der Waals surface area contributed by atoms with E-state index in [4.69, 9.17) is 4.74 Å². The summed E-state index contributed by atoms with van der Waals surface area (Å²) in [5.41, 5.74) is 1.80. The van der Waals surface area contributed by atoms with Gasteiger partial charge in [-0.2, -0.15) is 0 Å². The van der Waals surface area contributed by atoms with Crippen LogP contribution in [0.4, 0.5) is 5.69 Å². The molecule has 0 radical (unpaired) electrons. The van der Waals surface area contributed by atoms with E-state index in [1.165, 1.54) is 6.20 Å². The van der Waals surface area contributed by atoms with Gasteiger partial charge in [-0.1, -0.05) is 18.2 Å². The zero-order valence-corrected chi connectivity index (χ0v) is 11.4. The van der Waals surface area contributed by atoms with Crippen LogP contribution in [-0.2, 0) is 6.54 Å². The maximum absolute atomic E-state index is 11.2. The van der Waals surface area contributed by atoms with Gasteiger partial charge in [-0.05, 0) is 12.1 Å². The van der Waals surface area contributed by atoms with Crippen LogP contribution in [0, 0.1) is 0 Å². The number of hydrogen-bond acceptors (Lipinski definition) is 4. The zero-order chi connectivity index (χ0) is 14.5. The van der Waals surface area contributed by atoms with Gasteiger partial charge in [-0.3, -0.25) is 4.98 Å². The van der Waals surface area contributed by atoms with Gasteiger partial charge in [0.25, 0.3) is 0 Å². The Morgan fingerprint density at radius 2 is 2.10 bits per heavy atom. The van der Waals surface area contributed by atoms with Gasteiger partial charge in [0.15, 0.2) is 0 Å². The van der Waals surface area contributed by atoms with Crippen molar-refractivity contribution in [3.05, 3.63) is 53.9 Å². The minimum absolute atomic E-state index is 0.185. The van der Waals surface area contributed by atoms with Crippen molar-refractivity contribution in [2.45, 2.75) is 6.54 Å². The molecule has 5 heteroatoms. The Bertz CT molecular complexity index is 614. The highest BCUT2D eigenvalue weighted by molar-refractivity contribution is 5.93. The minimum Gasteiger partial charge on any atom is -0.496 e. The molecule has 1 aromatic heterocycles. The number of carboxylic acids is 1. The molecule has 2 rings (SSSR count). The Kier molecular flexibility index (Phi) is 4.20. The molecule has 0 aliphatic carbocycles. The Hall–Kier alpha value is -2.56. The second-order valence-corrected chi connectivity index (χ2v) is 4.37. The molecule has 0 spiro atoms. The van der Waals surface area contributed by atoms with Crippen molar-refractivity contribution in [2.75, 3.05) is 19.1 Å². The topological polar surface area (TPSA) is 62.7 Å². The average Bonchev–Trinajstić information content (AvgIpc) is 2.47. The summed E-state index contributed by atoms with van der Waals surface area (Å²) in [6.07, 6.45) is 2.94. The van der Waals surface area contributed by atoms with Crippen LogP contribution in [0.2, 0.25) is 0 Å². The van der Waals surface area contributed by atoms with E-state index in [2.05, 4.69) is 4.98 Å². The van der Waals surface area contributed by atoms with E-state index in [-0.39, 0.29) is 5.56 Å². The first-order valence-corrected chi connectivity index (χ1v) is 6.14. The first-order valence-electron chi connectivity index (χ1n) is 6.14. The molecule has 0 saturated carbocycles. The Labute approximate surface area is 117 Å². The number of pyridine rings is 1. The Morgan fingerprint density at radius 3 is 2.80 bits per heavy atom. The monoisotopic (exact) mass is 272 g/mol. The number of ether oxygens (including phenoxy) is 1. The van der Waals surface area contributed by atoms with Crippen molar-refractivity contribution in [3.8, 4) is 5.75 Å². The molecule has 0 fully saturated rings. The molecule has 0 amide bonds. The lowest BCUT2D eigenvalue weighted by Crippen LogP contribution is -2.20. The number of anilines is 1. The SMILES string of the molecule is COc1ccccc1CN(C)c1ccncc1C(=O)O. The van der Waals surface area contributed by atoms with E-state index in [0.717, 1.165) is 11.3 Å². The molecule has 104 valence electrons. The van der Waals surface area contributed by atoms with Gasteiger partial charge in [0.2, 0.25) is 0 Å². The summed E-state index contributed by atoms with van der Waals surface area (Å²) in [7, 11) is 3.46. The highest BCUT2D eigenvalue weighted by Gasteiger charge is 2.14. The second-order valence-electron chi connectivity index (χ2n) is 4.37. The first kappa shape index (κ1) is 13.9. The molecule has 0 aliphatic rings. The van der Waals surface area contributed by atoms with E-state index in [0.29, 0.717) is 12.2 Å². The number of nitrogens with zero attached hydrogens (tertiary/aromatic N) is 2. The van der Waals surface area contributed by atoms with Gasteiger partial charge in [0.1, 0.15) is 11.3 Å². The molecule has 1 N–H and O–H groups in total.